The largest absolute Gasteiger partial charge is 0.493 e. The van der Waals surface area contributed by atoms with Crippen molar-refractivity contribution in [3.63, 3.8) is 0 Å². The van der Waals surface area contributed by atoms with E-state index in [0.29, 0.717) is 0 Å². The molecule has 0 aromatic heterocycles. The first-order valence-corrected chi connectivity index (χ1v) is 8.82. The van der Waals surface area contributed by atoms with Crippen LogP contribution in [0.15, 0.2) is 18.2 Å². The van der Waals surface area contributed by atoms with E-state index in [4.69, 9.17) is 4.74 Å². The minimum atomic E-state index is 0.203. The van der Waals surface area contributed by atoms with Gasteiger partial charge >= 0.3 is 0 Å². The molecule has 2 heteroatoms. The fourth-order valence-corrected chi connectivity index (χ4v) is 3.24. The number of likely N-dealkylation sites (tertiary alicyclic amines) is 1. The van der Waals surface area contributed by atoms with Gasteiger partial charge in [-0.25, -0.2) is 0 Å². The minimum absolute atomic E-state index is 0.203. The summed E-state index contributed by atoms with van der Waals surface area (Å²) in [5.41, 5.74) is 2.83. The van der Waals surface area contributed by atoms with Crippen LogP contribution >= 0.6 is 0 Å². The van der Waals surface area contributed by atoms with E-state index in [9.17, 15) is 0 Å². The summed E-state index contributed by atoms with van der Waals surface area (Å²) in [5.74, 6) is 1.90. The molecular formula is C20H33NO. The molecular weight excluding hydrogens is 270 g/mol. The number of aryl methyl sites for hydroxylation is 1. The van der Waals surface area contributed by atoms with Gasteiger partial charge in [0.25, 0.3) is 0 Å². The van der Waals surface area contributed by atoms with Crippen LogP contribution in [0.4, 0.5) is 0 Å². The summed E-state index contributed by atoms with van der Waals surface area (Å²) in [4.78, 5) is 2.59. The van der Waals surface area contributed by atoms with Crippen molar-refractivity contribution in [3.8, 4) is 5.75 Å². The Morgan fingerprint density at radius 3 is 2.68 bits per heavy atom. The lowest BCUT2D eigenvalue weighted by molar-refractivity contribution is 0.170. The van der Waals surface area contributed by atoms with Gasteiger partial charge in [0.1, 0.15) is 5.75 Å². The molecule has 124 valence electrons. The second-order valence-electron chi connectivity index (χ2n) is 7.98. The van der Waals surface area contributed by atoms with Crippen LogP contribution in [0, 0.1) is 12.8 Å². The predicted octanol–water partition coefficient (Wildman–Crippen LogP) is 4.79. The second-order valence-corrected chi connectivity index (χ2v) is 7.98. The topological polar surface area (TPSA) is 12.5 Å². The van der Waals surface area contributed by atoms with Crippen LogP contribution in [0.1, 0.15) is 58.1 Å². The average molecular weight is 303 g/mol. The molecule has 0 radical (unpaired) electrons. The van der Waals surface area contributed by atoms with Gasteiger partial charge in [0.05, 0.1) is 6.61 Å². The van der Waals surface area contributed by atoms with Crippen molar-refractivity contribution in [2.75, 3.05) is 26.2 Å². The van der Waals surface area contributed by atoms with Crippen molar-refractivity contribution in [2.24, 2.45) is 5.92 Å². The Labute approximate surface area is 136 Å². The van der Waals surface area contributed by atoms with Crippen molar-refractivity contribution in [2.45, 2.75) is 59.3 Å². The number of rotatable bonds is 5. The van der Waals surface area contributed by atoms with Crippen LogP contribution in [0.2, 0.25) is 0 Å². The molecule has 1 fully saturated rings. The molecule has 1 atom stereocenters. The second kappa shape index (κ2) is 7.50. The highest BCUT2D eigenvalue weighted by Crippen LogP contribution is 2.27. The van der Waals surface area contributed by atoms with Gasteiger partial charge in [0, 0.05) is 13.1 Å². The van der Waals surface area contributed by atoms with Gasteiger partial charge in [-0.1, -0.05) is 39.8 Å². The van der Waals surface area contributed by atoms with Gasteiger partial charge in [-0.3, -0.25) is 0 Å². The number of hydrogen-bond acceptors (Lipinski definition) is 2. The van der Waals surface area contributed by atoms with Gasteiger partial charge < -0.3 is 9.64 Å². The van der Waals surface area contributed by atoms with E-state index in [2.05, 4.69) is 57.7 Å². The van der Waals surface area contributed by atoms with Crippen molar-refractivity contribution in [1.29, 1.82) is 0 Å². The van der Waals surface area contributed by atoms with E-state index in [1.165, 1.54) is 43.6 Å². The number of ether oxygens (including phenoxy) is 1. The summed E-state index contributed by atoms with van der Waals surface area (Å²) >= 11 is 0. The van der Waals surface area contributed by atoms with Crippen LogP contribution in [0.25, 0.3) is 0 Å². The van der Waals surface area contributed by atoms with E-state index < -0.39 is 0 Å². The molecule has 1 aromatic rings. The highest BCUT2D eigenvalue weighted by atomic mass is 16.5. The lowest BCUT2D eigenvalue weighted by atomic mass is 9.86. The molecule has 2 rings (SSSR count). The number of nitrogens with zero attached hydrogens (tertiary/aromatic N) is 1. The van der Waals surface area contributed by atoms with E-state index in [-0.39, 0.29) is 5.41 Å². The first kappa shape index (κ1) is 17.3. The molecule has 0 unspecified atom stereocenters. The Hall–Kier alpha value is -1.02. The Morgan fingerprint density at radius 1 is 1.27 bits per heavy atom. The Kier molecular flexibility index (Phi) is 5.91. The third-order valence-electron chi connectivity index (χ3n) is 4.66. The van der Waals surface area contributed by atoms with Gasteiger partial charge in [0.15, 0.2) is 0 Å². The Bertz CT molecular complexity index is 475. The van der Waals surface area contributed by atoms with E-state index in [1.54, 1.807) is 0 Å². The maximum absolute atomic E-state index is 6.00. The first-order valence-electron chi connectivity index (χ1n) is 8.82. The lowest BCUT2D eigenvalue weighted by Crippen LogP contribution is -2.35. The number of piperidine rings is 1. The molecule has 0 amide bonds. The number of benzene rings is 1. The zero-order valence-corrected chi connectivity index (χ0v) is 15.1. The third-order valence-corrected chi connectivity index (χ3v) is 4.66. The third kappa shape index (κ3) is 5.01. The molecule has 1 aliphatic rings. The SMILES string of the molecule is Cc1cc(C(C)(C)C)ccc1OCCCN1CCC[C@@H](C)C1. The quantitative estimate of drug-likeness (QED) is 0.725. The monoisotopic (exact) mass is 303 g/mol. The first-order chi connectivity index (χ1) is 10.4. The molecule has 0 N–H and O–H groups in total. The van der Waals surface area contributed by atoms with Crippen molar-refractivity contribution < 1.29 is 4.74 Å². The molecule has 1 saturated heterocycles. The molecule has 1 aromatic carbocycles. The minimum Gasteiger partial charge on any atom is -0.493 e. The summed E-state index contributed by atoms with van der Waals surface area (Å²) in [6.45, 7) is 15.8. The maximum Gasteiger partial charge on any atom is 0.122 e. The Morgan fingerprint density at radius 2 is 2.05 bits per heavy atom. The lowest BCUT2D eigenvalue weighted by Gasteiger charge is -2.30. The average Bonchev–Trinajstić information content (AvgIpc) is 2.44. The molecule has 0 saturated carbocycles. The van der Waals surface area contributed by atoms with Gasteiger partial charge in [-0.05, 0) is 61.3 Å². The summed E-state index contributed by atoms with van der Waals surface area (Å²) in [5, 5.41) is 0. The van der Waals surface area contributed by atoms with Crippen LogP contribution in [0.5, 0.6) is 5.75 Å². The molecule has 1 heterocycles. The highest BCUT2D eigenvalue weighted by molar-refractivity contribution is 5.38. The summed E-state index contributed by atoms with van der Waals surface area (Å²) in [7, 11) is 0. The Balaban J connectivity index is 1.77. The van der Waals surface area contributed by atoms with Crippen LogP contribution in [-0.4, -0.2) is 31.1 Å². The fourth-order valence-electron chi connectivity index (χ4n) is 3.24. The molecule has 0 aliphatic carbocycles. The zero-order chi connectivity index (χ0) is 16.2. The fraction of sp³-hybridized carbons (Fsp3) is 0.700. The van der Waals surface area contributed by atoms with Crippen LogP contribution in [-0.2, 0) is 5.41 Å². The normalized spacial score (nSPS) is 20.1. The summed E-state index contributed by atoms with van der Waals surface area (Å²) < 4.78 is 6.00. The zero-order valence-electron chi connectivity index (χ0n) is 15.1. The van der Waals surface area contributed by atoms with Crippen LogP contribution < -0.4 is 4.74 Å². The predicted molar refractivity (Wildman–Crippen MR) is 94.8 cm³/mol. The van der Waals surface area contributed by atoms with E-state index in [0.717, 1.165) is 24.7 Å². The molecule has 0 bridgehead atoms. The highest BCUT2D eigenvalue weighted by Gasteiger charge is 2.16. The number of hydrogen-bond donors (Lipinski definition) is 0. The van der Waals surface area contributed by atoms with E-state index in [1.807, 2.05) is 0 Å². The molecule has 0 spiro atoms. The van der Waals surface area contributed by atoms with Crippen molar-refractivity contribution >= 4 is 0 Å². The van der Waals surface area contributed by atoms with Crippen LogP contribution in [0.3, 0.4) is 0 Å². The maximum atomic E-state index is 6.00. The smallest absolute Gasteiger partial charge is 0.122 e. The van der Waals surface area contributed by atoms with Gasteiger partial charge in [0.2, 0.25) is 0 Å². The molecule has 1 aliphatic heterocycles. The van der Waals surface area contributed by atoms with Crippen molar-refractivity contribution in [1.82, 2.24) is 4.90 Å². The molecule has 22 heavy (non-hydrogen) atoms. The van der Waals surface area contributed by atoms with Crippen molar-refractivity contribution in [3.05, 3.63) is 29.3 Å². The summed E-state index contributed by atoms with van der Waals surface area (Å²) in [6, 6.07) is 6.61. The molecule has 2 nitrogen and oxygen atoms in total. The van der Waals surface area contributed by atoms with E-state index >= 15 is 0 Å². The van der Waals surface area contributed by atoms with Gasteiger partial charge in [-0.2, -0.15) is 0 Å². The van der Waals surface area contributed by atoms with Gasteiger partial charge in [-0.15, -0.1) is 0 Å². The standard InChI is InChI=1S/C20H33NO/c1-16-8-6-11-21(15-16)12-7-13-22-19-10-9-18(14-17(19)2)20(3,4)5/h9-10,14,16H,6-8,11-13,15H2,1-5H3/t16-/m1/s1. The summed E-state index contributed by atoms with van der Waals surface area (Å²) in [6.07, 6.45) is 3.87.